The van der Waals surface area contributed by atoms with Crippen LogP contribution in [0.3, 0.4) is 0 Å². The molecule has 2 aromatic heterocycles. The number of aromatic nitrogens is 3. The molecule has 0 aromatic carbocycles. The Morgan fingerprint density at radius 2 is 2.28 bits per heavy atom. The Morgan fingerprint density at radius 3 is 2.89 bits per heavy atom. The Labute approximate surface area is 101 Å². The lowest BCUT2D eigenvalue weighted by atomic mass is 10.3. The number of nitrogens with zero attached hydrogens (tertiary/aromatic N) is 4. The van der Waals surface area contributed by atoms with Crippen molar-refractivity contribution in [2.45, 2.75) is 13.5 Å². The lowest BCUT2D eigenvalue weighted by Gasteiger charge is -2.03. The number of rotatable bonds is 4. The molecule has 0 aliphatic rings. The van der Waals surface area contributed by atoms with Crippen molar-refractivity contribution in [1.82, 2.24) is 15.1 Å². The smallest absolute Gasteiger partial charge is 0.276 e. The number of nitro groups is 1. The molecule has 3 N–H and O–H groups in total. The van der Waals surface area contributed by atoms with Crippen molar-refractivity contribution in [2.24, 2.45) is 0 Å². The van der Waals surface area contributed by atoms with Crippen LogP contribution in [-0.2, 0) is 6.54 Å². The number of aryl methyl sites for hydroxylation is 1. The molecule has 94 valence electrons. The summed E-state index contributed by atoms with van der Waals surface area (Å²) in [6.45, 7) is 1.91. The molecule has 0 aliphatic heterocycles. The Kier molecular flexibility index (Phi) is 3.04. The van der Waals surface area contributed by atoms with E-state index in [9.17, 15) is 10.1 Å². The van der Waals surface area contributed by atoms with Crippen LogP contribution in [0.4, 0.5) is 17.3 Å². The molecule has 2 rings (SSSR count). The summed E-state index contributed by atoms with van der Waals surface area (Å²) < 4.78 is 4.88. The van der Waals surface area contributed by atoms with E-state index in [-0.39, 0.29) is 23.9 Å². The van der Waals surface area contributed by atoms with Crippen molar-refractivity contribution in [3.8, 4) is 0 Å². The summed E-state index contributed by atoms with van der Waals surface area (Å²) in [5.41, 5.74) is 5.33. The topological polar surface area (TPSA) is 133 Å². The Morgan fingerprint density at radius 1 is 1.50 bits per heavy atom. The lowest BCUT2D eigenvalue weighted by molar-refractivity contribution is -0.384. The van der Waals surface area contributed by atoms with Gasteiger partial charge in [0.2, 0.25) is 5.89 Å². The second-order valence-corrected chi connectivity index (χ2v) is 3.48. The van der Waals surface area contributed by atoms with Crippen LogP contribution >= 0.6 is 0 Å². The van der Waals surface area contributed by atoms with Crippen LogP contribution in [0.25, 0.3) is 0 Å². The van der Waals surface area contributed by atoms with E-state index < -0.39 is 4.92 Å². The molecular weight excluding hydrogens is 240 g/mol. The molecule has 2 heterocycles. The summed E-state index contributed by atoms with van der Waals surface area (Å²) in [4.78, 5) is 18.0. The molecule has 0 saturated heterocycles. The van der Waals surface area contributed by atoms with E-state index in [1.807, 2.05) is 0 Å². The molecule has 0 fully saturated rings. The number of pyridine rings is 1. The minimum absolute atomic E-state index is 0.0633. The molecule has 0 aliphatic carbocycles. The van der Waals surface area contributed by atoms with Crippen molar-refractivity contribution in [2.75, 3.05) is 11.1 Å². The van der Waals surface area contributed by atoms with Gasteiger partial charge in [-0.1, -0.05) is 5.16 Å². The maximum Gasteiger partial charge on any atom is 0.276 e. The van der Waals surface area contributed by atoms with Crippen LogP contribution in [0.15, 0.2) is 16.7 Å². The highest BCUT2D eigenvalue weighted by atomic mass is 16.6. The van der Waals surface area contributed by atoms with Crippen molar-refractivity contribution < 1.29 is 9.45 Å². The number of nitrogen functional groups attached to an aromatic ring is 1. The van der Waals surface area contributed by atoms with E-state index in [1.165, 1.54) is 12.1 Å². The second kappa shape index (κ2) is 4.65. The van der Waals surface area contributed by atoms with Gasteiger partial charge in [0.25, 0.3) is 5.69 Å². The average molecular weight is 250 g/mol. The highest BCUT2D eigenvalue weighted by Crippen LogP contribution is 2.18. The standard InChI is InChI=1S/C9H10N6O3/c1-5-12-9(18-14-5)4-11-8-3-6(15(16)17)2-7(10)13-8/h2-3H,4H2,1H3,(H3,10,11,13). The zero-order valence-electron chi connectivity index (χ0n) is 9.45. The second-order valence-electron chi connectivity index (χ2n) is 3.48. The van der Waals surface area contributed by atoms with Crippen molar-refractivity contribution in [3.05, 3.63) is 34.0 Å². The van der Waals surface area contributed by atoms with Gasteiger partial charge in [-0.2, -0.15) is 4.98 Å². The maximum absolute atomic E-state index is 10.6. The number of hydrogen-bond acceptors (Lipinski definition) is 8. The summed E-state index contributed by atoms with van der Waals surface area (Å²) in [6.07, 6.45) is 0. The molecule has 0 atom stereocenters. The number of nitrogens with two attached hydrogens (primary N) is 1. The van der Waals surface area contributed by atoms with Crippen LogP contribution in [0.2, 0.25) is 0 Å². The summed E-state index contributed by atoms with van der Waals surface area (Å²) >= 11 is 0. The van der Waals surface area contributed by atoms with Gasteiger partial charge in [0.1, 0.15) is 11.6 Å². The Hall–Kier alpha value is -2.71. The fourth-order valence-corrected chi connectivity index (χ4v) is 1.31. The van der Waals surface area contributed by atoms with Gasteiger partial charge in [-0.25, -0.2) is 4.98 Å². The molecule has 0 unspecified atom stereocenters. The molecule has 0 spiro atoms. The number of nitrogens with one attached hydrogen (secondary N) is 1. The molecule has 18 heavy (non-hydrogen) atoms. The number of hydrogen-bond donors (Lipinski definition) is 2. The Bertz CT molecular complexity index is 581. The van der Waals surface area contributed by atoms with Gasteiger partial charge in [0.15, 0.2) is 5.82 Å². The van der Waals surface area contributed by atoms with Crippen molar-refractivity contribution >= 4 is 17.3 Å². The minimum atomic E-state index is -0.542. The summed E-state index contributed by atoms with van der Waals surface area (Å²) in [6, 6.07) is 2.46. The van der Waals surface area contributed by atoms with Crippen LogP contribution in [0, 0.1) is 17.0 Å². The maximum atomic E-state index is 10.6. The van der Waals surface area contributed by atoms with Gasteiger partial charge >= 0.3 is 0 Å². The largest absolute Gasteiger partial charge is 0.383 e. The first-order chi connectivity index (χ1) is 8.54. The third-order valence-electron chi connectivity index (χ3n) is 2.03. The van der Waals surface area contributed by atoms with E-state index >= 15 is 0 Å². The summed E-state index contributed by atoms with van der Waals surface area (Å²) in [5.74, 6) is 1.21. The molecule has 2 aromatic rings. The van der Waals surface area contributed by atoms with E-state index in [1.54, 1.807) is 6.92 Å². The quantitative estimate of drug-likeness (QED) is 0.603. The molecule has 0 saturated carbocycles. The first-order valence-electron chi connectivity index (χ1n) is 4.99. The predicted molar refractivity (Wildman–Crippen MR) is 61.7 cm³/mol. The van der Waals surface area contributed by atoms with E-state index in [0.717, 1.165) is 0 Å². The monoisotopic (exact) mass is 250 g/mol. The normalized spacial score (nSPS) is 10.3. The van der Waals surface area contributed by atoms with Gasteiger partial charge in [-0.05, 0) is 6.92 Å². The van der Waals surface area contributed by atoms with Gasteiger partial charge in [0, 0.05) is 0 Å². The van der Waals surface area contributed by atoms with Gasteiger partial charge < -0.3 is 15.6 Å². The van der Waals surface area contributed by atoms with Crippen LogP contribution in [0.1, 0.15) is 11.7 Å². The lowest BCUT2D eigenvalue weighted by Crippen LogP contribution is -2.04. The van der Waals surface area contributed by atoms with E-state index in [2.05, 4.69) is 20.4 Å². The van der Waals surface area contributed by atoms with Crippen molar-refractivity contribution in [1.29, 1.82) is 0 Å². The third kappa shape index (κ3) is 2.70. The average Bonchev–Trinajstić information content (AvgIpc) is 2.72. The third-order valence-corrected chi connectivity index (χ3v) is 2.03. The molecular formula is C9H10N6O3. The summed E-state index contributed by atoms with van der Waals surface area (Å²) in [5, 5.41) is 17.1. The molecule has 9 nitrogen and oxygen atoms in total. The highest BCUT2D eigenvalue weighted by Gasteiger charge is 2.10. The first kappa shape index (κ1) is 11.8. The summed E-state index contributed by atoms with van der Waals surface area (Å²) in [7, 11) is 0. The fourth-order valence-electron chi connectivity index (χ4n) is 1.31. The predicted octanol–water partition coefficient (Wildman–Crippen LogP) is 0.876. The SMILES string of the molecule is Cc1noc(CNc2cc([N+](=O)[O-])cc(N)n2)n1. The zero-order chi connectivity index (χ0) is 13.1. The highest BCUT2D eigenvalue weighted by molar-refractivity contribution is 5.52. The first-order valence-corrected chi connectivity index (χ1v) is 4.99. The molecule has 0 bridgehead atoms. The van der Waals surface area contributed by atoms with Crippen LogP contribution in [-0.4, -0.2) is 20.0 Å². The molecule has 9 heteroatoms. The van der Waals surface area contributed by atoms with Gasteiger partial charge in [-0.15, -0.1) is 0 Å². The van der Waals surface area contributed by atoms with Crippen molar-refractivity contribution in [3.63, 3.8) is 0 Å². The molecule has 0 radical (unpaired) electrons. The number of anilines is 2. The van der Waals surface area contributed by atoms with Gasteiger partial charge in [0.05, 0.1) is 23.6 Å². The minimum Gasteiger partial charge on any atom is -0.383 e. The van der Waals surface area contributed by atoms with Gasteiger partial charge in [-0.3, -0.25) is 10.1 Å². The van der Waals surface area contributed by atoms with E-state index in [4.69, 9.17) is 10.3 Å². The van der Waals surface area contributed by atoms with Crippen LogP contribution in [0.5, 0.6) is 0 Å². The fraction of sp³-hybridized carbons (Fsp3) is 0.222. The molecule has 0 amide bonds. The van der Waals surface area contributed by atoms with Crippen LogP contribution < -0.4 is 11.1 Å². The zero-order valence-corrected chi connectivity index (χ0v) is 9.45. The Balaban J connectivity index is 2.11. The van der Waals surface area contributed by atoms with E-state index in [0.29, 0.717) is 11.7 Å².